The summed E-state index contributed by atoms with van der Waals surface area (Å²) in [6.07, 6.45) is 2.16. The molecule has 3 rings (SSSR count). The fourth-order valence-electron chi connectivity index (χ4n) is 2.98. The Morgan fingerprint density at radius 2 is 1.85 bits per heavy atom. The third kappa shape index (κ3) is 5.09. The Morgan fingerprint density at radius 1 is 1.15 bits per heavy atom. The van der Waals surface area contributed by atoms with E-state index >= 15 is 0 Å². The number of esters is 1. The van der Waals surface area contributed by atoms with E-state index in [0.29, 0.717) is 12.4 Å². The molecule has 0 spiro atoms. The summed E-state index contributed by atoms with van der Waals surface area (Å²) in [7, 11) is 0. The second-order valence-electron chi connectivity index (χ2n) is 6.66. The summed E-state index contributed by atoms with van der Waals surface area (Å²) >= 11 is 0. The summed E-state index contributed by atoms with van der Waals surface area (Å²) in [4.78, 5) is 25.6. The van der Waals surface area contributed by atoms with E-state index in [1.807, 2.05) is 26.0 Å². The highest BCUT2D eigenvalue weighted by Crippen LogP contribution is 2.18. The van der Waals surface area contributed by atoms with Gasteiger partial charge in [-0.05, 0) is 44.4 Å². The number of benzene rings is 1. The number of carbonyl (C=O) groups excluding carboxylic acids is 2. The number of hydrogen-bond donors (Lipinski definition) is 0. The molecule has 1 aliphatic heterocycles. The molecule has 1 amide bonds. The SMILES string of the molecule is Cc1noc(C)c1COc1ccc(CC(=O)OCC(=O)N2CCCC2)cc1. The molecule has 0 N–H and O–H groups in total. The first-order chi connectivity index (χ1) is 13.0. The van der Waals surface area contributed by atoms with Crippen molar-refractivity contribution in [3.05, 3.63) is 46.8 Å². The Bertz CT molecular complexity index is 772. The van der Waals surface area contributed by atoms with Crippen LogP contribution >= 0.6 is 0 Å². The number of likely N-dealkylation sites (tertiary alicyclic amines) is 1. The van der Waals surface area contributed by atoms with Gasteiger partial charge in [-0.15, -0.1) is 0 Å². The lowest BCUT2D eigenvalue weighted by molar-refractivity contribution is -0.151. The zero-order chi connectivity index (χ0) is 19.2. The highest BCUT2D eigenvalue weighted by Gasteiger charge is 2.19. The highest BCUT2D eigenvalue weighted by atomic mass is 16.5. The number of hydrogen-bond acceptors (Lipinski definition) is 6. The summed E-state index contributed by atoms with van der Waals surface area (Å²) < 4.78 is 15.9. The van der Waals surface area contributed by atoms with Crippen molar-refractivity contribution in [3.63, 3.8) is 0 Å². The Hall–Kier alpha value is -2.83. The van der Waals surface area contributed by atoms with Crippen LogP contribution in [0.25, 0.3) is 0 Å². The van der Waals surface area contributed by atoms with E-state index in [1.165, 1.54) is 0 Å². The van der Waals surface area contributed by atoms with Gasteiger partial charge in [0.25, 0.3) is 5.91 Å². The van der Waals surface area contributed by atoms with Gasteiger partial charge >= 0.3 is 5.97 Å². The summed E-state index contributed by atoms with van der Waals surface area (Å²) in [5, 5.41) is 3.90. The number of aromatic nitrogens is 1. The maximum atomic E-state index is 11.9. The number of rotatable bonds is 7. The smallest absolute Gasteiger partial charge is 0.310 e. The molecule has 7 heteroatoms. The van der Waals surface area contributed by atoms with Gasteiger partial charge in [0.15, 0.2) is 6.61 Å². The average Bonchev–Trinajstić information content (AvgIpc) is 3.30. The fraction of sp³-hybridized carbons (Fsp3) is 0.450. The Balaban J connectivity index is 1.44. The molecule has 0 atom stereocenters. The first-order valence-electron chi connectivity index (χ1n) is 9.10. The lowest BCUT2D eigenvalue weighted by atomic mass is 10.1. The van der Waals surface area contributed by atoms with Crippen LogP contribution in [0.4, 0.5) is 0 Å². The van der Waals surface area contributed by atoms with Crippen molar-refractivity contribution in [2.75, 3.05) is 19.7 Å². The van der Waals surface area contributed by atoms with E-state index in [2.05, 4.69) is 5.16 Å². The van der Waals surface area contributed by atoms with E-state index in [0.717, 1.165) is 48.5 Å². The van der Waals surface area contributed by atoms with E-state index < -0.39 is 5.97 Å². The minimum Gasteiger partial charge on any atom is -0.489 e. The van der Waals surface area contributed by atoms with Gasteiger partial charge in [-0.2, -0.15) is 0 Å². The molecule has 27 heavy (non-hydrogen) atoms. The molecule has 144 valence electrons. The number of carbonyl (C=O) groups is 2. The summed E-state index contributed by atoms with van der Waals surface area (Å²) in [5.41, 5.74) is 2.55. The molecule has 1 aliphatic rings. The van der Waals surface area contributed by atoms with E-state index in [-0.39, 0.29) is 18.9 Å². The molecule has 0 radical (unpaired) electrons. The molecule has 0 bridgehead atoms. The highest BCUT2D eigenvalue weighted by molar-refractivity contribution is 5.81. The summed E-state index contributed by atoms with van der Waals surface area (Å²) in [5.74, 6) is 0.905. The maximum absolute atomic E-state index is 11.9. The van der Waals surface area contributed by atoms with Crippen LogP contribution in [-0.2, 0) is 27.4 Å². The van der Waals surface area contributed by atoms with Gasteiger partial charge in [-0.3, -0.25) is 9.59 Å². The number of aryl methyl sites for hydroxylation is 2. The first-order valence-corrected chi connectivity index (χ1v) is 9.10. The van der Waals surface area contributed by atoms with Crippen LogP contribution in [0.5, 0.6) is 5.75 Å². The van der Waals surface area contributed by atoms with Gasteiger partial charge < -0.3 is 18.9 Å². The quantitative estimate of drug-likeness (QED) is 0.695. The molecule has 1 fully saturated rings. The zero-order valence-electron chi connectivity index (χ0n) is 15.7. The van der Waals surface area contributed by atoms with Crippen molar-refractivity contribution in [2.45, 2.75) is 39.7 Å². The van der Waals surface area contributed by atoms with Gasteiger partial charge in [0, 0.05) is 13.1 Å². The molecule has 1 saturated heterocycles. The van der Waals surface area contributed by atoms with Gasteiger partial charge in [-0.1, -0.05) is 17.3 Å². The van der Waals surface area contributed by atoms with Crippen LogP contribution in [0, 0.1) is 13.8 Å². The van der Waals surface area contributed by atoms with Gasteiger partial charge in [0.05, 0.1) is 17.7 Å². The largest absolute Gasteiger partial charge is 0.489 e. The second kappa shape index (κ2) is 8.70. The third-order valence-electron chi connectivity index (χ3n) is 4.65. The van der Waals surface area contributed by atoms with E-state index in [4.69, 9.17) is 14.0 Å². The van der Waals surface area contributed by atoms with Crippen LogP contribution in [0.2, 0.25) is 0 Å². The normalized spacial score (nSPS) is 13.6. The van der Waals surface area contributed by atoms with Crippen molar-refractivity contribution in [3.8, 4) is 5.75 Å². The lowest BCUT2D eigenvalue weighted by Crippen LogP contribution is -2.32. The molecule has 1 aromatic carbocycles. The maximum Gasteiger partial charge on any atom is 0.310 e. The third-order valence-corrected chi connectivity index (χ3v) is 4.65. The van der Waals surface area contributed by atoms with Gasteiger partial charge in [-0.25, -0.2) is 0 Å². The molecular weight excluding hydrogens is 348 g/mol. The molecule has 0 unspecified atom stereocenters. The van der Waals surface area contributed by atoms with Crippen LogP contribution in [0.15, 0.2) is 28.8 Å². The van der Waals surface area contributed by atoms with E-state index in [9.17, 15) is 9.59 Å². The molecule has 1 aromatic heterocycles. The van der Waals surface area contributed by atoms with Crippen molar-refractivity contribution in [2.24, 2.45) is 0 Å². The molecule has 2 aromatic rings. The second-order valence-corrected chi connectivity index (χ2v) is 6.66. The number of ether oxygens (including phenoxy) is 2. The molecule has 0 aliphatic carbocycles. The predicted molar refractivity (Wildman–Crippen MR) is 97.2 cm³/mol. The number of nitrogens with zero attached hydrogens (tertiary/aromatic N) is 2. The van der Waals surface area contributed by atoms with Crippen molar-refractivity contribution in [1.29, 1.82) is 0 Å². The topological polar surface area (TPSA) is 81.9 Å². The first kappa shape index (κ1) is 18.9. The van der Waals surface area contributed by atoms with Crippen LogP contribution in [0.3, 0.4) is 0 Å². The monoisotopic (exact) mass is 372 g/mol. The Labute approximate surface area is 158 Å². The van der Waals surface area contributed by atoms with Crippen LogP contribution < -0.4 is 4.74 Å². The fourth-order valence-corrected chi connectivity index (χ4v) is 2.98. The summed E-state index contributed by atoms with van der Waals surface area (Å²) in [6.45, 7) is 5.43. The lowest BCUT2D eigenvalue weighted by Gasteiger charge is -2.14. The standard InChI is InChI=1S/C20H24N2O5/c1-14-18(15(2)27-21-14)12-25-17-7-5-16(6-8-17)11-20(24)26-13-19(23)22-9-3-4-10-22/h5-8H,3-4,9-13H2,1-2H3. The van der Waals surface area contributed by atoms with Crippen molar-refractivity contribution in [1.82, 2.24) is 10.1 Å². The summed E-state index contributed by atoms with van der Waals surface area (Å²) in [6, 6.07) is 7.23. The average molecular weight is 372 g/mol. The molecule has 0 saturated carbocycles. The van der Waals surface area contributed by atoms with E-state index in [1.54, 1.807) is 17.0 Å². The number of amides is 1. The van der Waals surface area contributed by atoms with Crippen LogP contribution in [-0.4, -0.2) is 41.6 Å². The molecule has 2 heterocycles. The predicted octanol–water partition coefficient (Wildman–Crippen LogP) is 2.58. The Kier molecular flexibility index (Phi) is 6.11. The van der Waals surface area contributed by atoms with Crippen molar-refractivity contribution >= 4 is 11.9 Å². The minimum atomic E-state index is -0.410. The molecular formula is C20H24N2O5. The van der Waals surface area contributed by atoms with Gasteiger partial charge in [0.2, 0.25) is 0 Å². The van der Waals surface area contributed by atoms with Gasteiger partial charge in [0.1, 0.15) is 18.1 Å². The molecule has 7 nitrogen and oxygen atoms in total. The Morgan fingerprint density at radius 3 is 2.48 bits per heavy atom. The van der Waals surface area contributed by atoms with Crippen molar-refractivity contribution < 1.29 is 23.6 Å². The minimum absolute atomic E-state index is 0.121. The zero-order valence-corrected chi connectivity index (χ0v) is 15.7. The van der Waals surface area contributed by atoms with Crippen LogP contribution in [0.1, 0.15) is 35.4 Å².